The average Bonchev–Trinajstić information content (AvgIpc) is 3.32. The lowest BCUT2D eigenvalue weighted by atomic mass is 10.0. The van der Waals surface area contributed by atoms with Crippen molar-refractivity contribution in [3.8, 4) is 0 Å². The molecule has 1 aliphatic rings. The van der Waals surface area contributed by atoms with E-state index in [-0.39, 0.29) is 0 Å². The zero-order chi connectivity index (χ0) is 15.9. The molecule has 22 heavy (non-hydrogen) atoms. The smallest absolute Gasteiger partial charge is 0.330 e. The van der Waals surface area contributed by atoms with Crippen molar-refractivity contribution in [2.45, 2.75) is 116 Å². The van der Waals surface area contributed by atoms with E-state index in [9.17, 15) is 0 Å². The van der Waals surface area contributed by atoms with Crippen LogP contribution in [0.15, 0.2) is 0 Å². The second-order valence-electron chi connectivity index (χ2n) is 6.75. The maximum atomic E-state index is 5.26. The van der Waals surface area contributed by atoms with Gasteiger partial charge in [-0.1, -0.05) is 96.8 Å². The summed E-state index contributed by atoms with van der Waals surface area (Å²) in [5.41, 5.74) is 0. The Balaban J connectivity index is 1.66. The summed E-state index contributed by atoms with van der Waals surface area (Å²) in [6.07, 6.45) is 21.8. The Bertz CT molecular complexity index is 244. The highest BCUT2D eigenvalue weighted by atomic mass is 28.2. The number of rotatable bonds is 17. The van der Waals surface area contributed by atoms with Gasteiger partial charge in [-0.25, -0.2) is 0 Å². The van der Waals surface area contributed by atoms with Gasteiger partial charge in [0.25, 0.3) is 0 Å². The molecule has 1 aliphatic heterocycles. The maximum Gasteiger partial charge on any atom is 0.330 e. The van der Waals surface area contributed by atoms with Crippen LogP contribution in [0.3, 0.4) is 0 Å². The van der Waals surface area contributed by atoms with Gasteiger partial charge >= 0.3 is 5.97 Å². The largest absolute Gasteiger partial charge is 0.377 e. The van der Waals surface area contributed by atoms with Gasteiger partial charge in [0.05, 0.1) is 0 Å². The SMILES string of the molecule is CCCCCCCCCCCCCCCCCC1(O[SiH3])OO1. The lowest BCUT2D eigenvalue weighted by molar-refractivity contribution is 0.0570. The van der Waals surface area contributed by atoms with E-state index in [1.807, 2.05) is 0 Å². The van der Waals surface area contributed by atoms with Crippen LogP contribution in [0.25, 0.3) is 0 Å². The van der Waals surface area contributed by atoms with E-state index in [0.717, 1.165) is 12.8 Å². The van der Waals surface area contributed by atoms with Crippen molar-refractivity contribution in [1.82, 2.24) is 0 Å². The van der Waals surface area contributed by atoms with Crippen LogP contribution < -0.4 is 0 Å². The first-order valence-electron chi connectivity index (χ1n) is 9.75. The van der Waals surface area contributed by atoms with E-state index in [0.29, 0.717) is 10.5 Å². The number of hydrogen-bond donors (Lipinski definition) is 0. The molecular weight excluding hydrogens is 292 g/mol. The van der Waals surface area contributed by atoms with Crippen LogP contribution in [0.5, 0.6) is 0 Å². The molecule has 1 fully saturated rings. The van der Waals surface area contributed by atoms with Crippen molar-refractivity contribution >= 4 is 10.5 Å². The predicted octanol–water partition coefficient (Wildman–Crippen LogP) is 5.16. The van der Waals surface area contributed by atoms with E-state index in [1.165, 1.54) is 89.9 Å². The molecule has 0 aromatic heterocycles. The summed E-state index contributed by atoms with van der Waals surface area (Å²) in [5, 5.41) is 0. The zero-order valence-electron chi connectivity index (χ0n) is 15.0. The molecule has 0 bridgehead atoms. The van der Waals surface area contributed by atoms with Crippen LogP contribution in [0.2, 0.25) is 0 Å². The third kappa shape index (κ3) is 10.8. The molecule has 0 N–H and O–H groups in total. The highest BCUT2D eigenvalue weighted by Crippen LogP contribution is 2.35. The average molecular weight is 331 g/mol. The third-order valence-corrected chi connectivity index (χ3v) is 5.29. The Morgan fingerprint density at radius 1 is 0.636 bits per heavy atom. The fourth-order valence-electron chi connectivity index (χ4n) is 3.01. The number of hydrogen-bond acceptors (Lipinski definition) is 3. The van der Waals surface area contributed by atoms with Crippen LogP contribution in [-0.2, 0) is 14.2 Å². The summed E-state index contributed by atoms with van der Waals surface area (Å²) >= 11 is 0. The van der Waals surface area contributed by atoms with Gasteiger partial charge in [0, 0.05) is 6.42 Å². The fourth-order valence-corrected chi connectivity index (χ4v) is 3.35. The van der Waals surface area contributed by atoms with Crippen molar-refractivity contribution in [2.24, 2.45) is 0 Å². The molecule has 0 aromatic carbocycles. The molecule has 0 unspecified atom stereocenters. The van der Waals surface area contributed by atoms with E-state index in [4.69, 9.17) is 14.2 Å². The topological polar surface area (TPSA) is 34.3 Å². The molecule has 0 aliphatic carbocycles. The van der Waals surface area contributed by atoms with Crippen molar-refractivity contribution in [3.63, 3.8) is 0 Å². The Kier molecular flexibility index (Phi) is 12.4. The van der Waals surface area contributed by atoms with Gasteiger partial charge in [0.2, 0.25) is 0 Å². The predicted molar refractivity (Wildman–Crippen MR) is 95.5 cm³/mol. The summed E-state index contributed by atoms with van der Waals surface area (Å²) in [5.74, 6) is -0.608. The van der Waals surface area contributed by atoms with Crippen LogP contribution in [0.4, 0.5) is 0 Å². The minimum atomic E-state index is -0.608. The molecule has 132 valence electrons. The van der Waals surface area contributed by atoms with Crippen molar-refractivity contribution in [1.29, 1.82) is 0 Å². The van der Waals surface area contributed by atoms with E-state index in [2.05, 4.69) is 6.92 Å². The second-order valence-corrected chi connectivity index (χ2v) is 7.16. The van der Waals surface area contributed by atoms with Crippen LogP contribution in [0, 0.1) is 0 Å². The first kappa shape index (κ1) is 20.1. The van der Waals surface area contributed by atoms with Gasteiger partial charge in [0.15, 0.2) is 10.5 Å². The molecule has 3 nitrogen and oxygen atoms in total. The van der Waals surface area contributed by atoms with E-state index >= 15 is 0 Å². The maximum absolute atomic E-state index is 5.26. The lowest BCUT2D eigenvalue weighted by Gasteiger charge is -2.05. The molecule has 0 amide bonds. The van der Waals surface area contributed by atoms with Crippen LogP contribution in [0.1, 0.15) is 110 Å². The Hall–Kier alpha value is 0.0969. The Morgan fingerprint density at radius 3 is 1.32 bits per heavy atom. The van der Waals surface area contributed by atoms with Crippen LogP contribution >= 0.6 is 0 Å². The first-order valence-corrected chi connectivity index (χ1v) is 10.6. The summed E-state index contributed by atoms with van der Waals surface area (Å²) in [6, 6.07) is 0. The molecule has 0 aromatic rings. The van der Waals surface area contributed by atoms with Gasteiger partial charge in [-0.3, -0.25) is 0 Å². The highest BCUT2D eigenvalue weighted by Gasteiger charge is 2.48. The monoisotopic (exact) mass is 330 g/mol. The second kappa shape index (κ2) is 13.5. The third-order valence-electron chi connectivity index (χ3n) is 4.67. The summed E-state index contributed by atoms with van der Waals surface area (Å²) in [4.78, 5) is 9.75. The summed E-state index contributed by atoms with van der Waals surface area (Å²) in [6.45, 7) is 2.29. The molecule has 4 heteroatoms. The molecule has 0 saturated carbocycles. The molecule has 1 heterocycles. The standard InChI is InChI=1S/C18H38O3Si/c1-2-3-4-5-6-7-8-9-10-11-12-13-14-15-16-17-18(21-22)19-20-18/h2-17H2,1,22H3. The first-order chi connectivity index (χ1) is 10.8. The van der Waals surface area contributed by atoms with Gasteiger partial charge in [0.1, 0.15) is 0 Å². The van der Waals surface area contributed by atoms with Crippen LogP contribution in [-0.4, -0.2) is 16.5 Å². The molecule has 0 atom stereocenters. The van der Waals surface area contributed by atoms with Gasteiger partial charge in [-0.2, -0.15) is 9.78 Å². The van der Waals surface area contributed by atoms with Gasteiger partial charge in [-0.05, 0) is 6.42 Å². The minimum Gasteiger partial charge on any atom is -0.377 e. The zero-order valence-corrected chi connectivity index (χ0v) is 17.0. The fraction of sp³-hybridized carbons (Fsp3) is 1.00. The van der Waals surface area contributed by atoms with E-state index < -0.39 is 5.97 Å². The van der Waals surface area contributed by atoms with Crippen molar-refractivity contribution in [2.75, 3.05) is 0 Å². The highest BCUT2D eigenvalue weighted by molar-refractivity contribution is 5.98. The Labute approximate surface area is 141 Å². The van der Waals surface area contributed by atoms with Crippen molar-refractivity contribution < 1.29 is 14.2 Å². The van der Waals surface area contributed by atoms with E-state index in [1.54, 1.807) is 0 Å². The van der Waals surface area contributed by atoms with Crippen molar-refractivity contribution in [3.05, 3.63) is 0 Å². The normalized spacial score (nSPS) is 16.2. The summed E-state index contributed by atoms with van der Waals surface area (Å²) < 4.78 is 5.26. The molecule has 0 radical (unpaired) electrons. The minimum absolute atomic E-state index is 0.608. The quantitative estimate of drug-likeness (QED) is 0.160. The Morgan fingerprint density at radius 2 is 1.00 bits per heavy atom. The molecule has 1 saturated heterocycles. The van der Waals surface area contributed by atoms with Gasteiger partial charge < -0.3 is 4.43 Å². The molecule has 0 spiro atoms. The van der Waals surface area contributed by atoms with Gasteiger partial charge in [-0.15, -0.1) is 0 Å². The lowest BCUT2D eigenvalue weighted by Crippen LogP contribution is -2.13. The summed E-state index contributed by atoms with van der Waals surface area (Å²) in [7, 11) is 0.681. The number of unbranched alkanes of at least 4 members (excludes halogenated alkanes) is 14. The molecule has 1 rings (SSSR count). The molecular formula is C18H38O3Si.